The standard InChI is InChI=1S/C22H31N5O2/c1-16-6-5-11-23-22(16)26-20-8-4-7-19(25-20)18-9-12-27(13-10-18)14-21(28)24-17(2)15-29-3/h4-8,11,17-18H,9-10,12-15H2,1-3H3,(H,24,28)(H,23,25,26). The van der Waals surface area contributed by atoms with Gasteiger partial charge in [0.15, 0.2) is 0 Å². The largest absolute Gasteiger partial charge is 0.383 e. The molecular weight excluding hydrogens is 366 g/mol. The SMILES string of the molecule is COCC(C)NC(=O)CN1CCC(c2cccc(Nc3ncccc3C)n2)CC1. The summed E-state index contributed by atoms with van der Waals surface area (Å²) in [6, 6.07) is 10.1. The van der Waals surface area contributed by atoms with Crippen molar-refractivity contribution < 1.29 is 9.53 Å². The number of hydrogen-bond donors (Lipinski definition) is 2. The van der Waals surface area contributed by atoms with Gasteiger partial charge < -0.3 is 15.4 Å². The summed E-state index contributed by atoms with van der Waals surface area (Å²) in [4.78, 5) is 23.6. The summed E-state index contributed by atoms with van der Waals surface area (Å²) in [5.41, 5.74) is 2.19. The Morgan fingerprint density at radius 1 is 1.28 bits per heavy atom. The minimum atomic E-state index is 0.0345. The van der Waals surface area contributed by atoms with Crippen molar-refractivity contribution in [3.8, 4) is 0 Å². The molecule has 29 heavy (non-hydrogen) atoms. The van der Waals surface area contributed by atoms with Gasteiger partial charge in [-0.15, -0.1) is 0 Å². The van der Waals surface area contributed by atoms with E-state index in [-0.39, 0.29) is 11.9 Å². The van der Waals surface area contributed by atoms with Crippen molar-refractivity contribution in [3.05, 3.63) is 47.8 Å². The van der Waals surface area contributed by atoms with E-state index in [9.17, 15) is 4.79 Å². The van der Waals surface area contributed by atoms with Crippen molar-refractivity contribution >= 4 is 17.5 Å². The van der Waals surface area contributed by atoms with Gasteiger partial charge in [-0.1, -0.05) is 12.1 Å². The van der Waals surface area contributed by atoms with Gasteiger partial charge in [-0.2, -0.15) is 0 Å². The van der Waals surface area contributed by atoms with Crippen molar-refractivity contribution in [2.75, 3.05) is 38.7 Å². The number of carbonyl (C=O) groups excluding carboxylic acids is 1. The molecule has 2 aromatic heterocycles. The number of nitrogens with one attached hydrogen (secondary N) is 2. The molecule has 0 aliphatic carbocycles. The second kappa shape index (κ2) is 10.3. The van der Waals surface area contributed by atoms with Crippen LogP contribution in [0.3, 0.4) is 0 Å². The summed E-state index contributed by atoms with van der Waals surface area (Å²) in [7, 11) is 1.64. The highest BCUT2D eigenvalue weighted by Crippen LogP contribution is 2.28. The number of pyridine rings is 2. The maximum Gasteiger partial charge on any atom is 0.234 e. The zero-order chi connectivity index (χ0) is 20.6. The third-order valence-corrected chi connectivity index (χ3v) is 5.22. The van der Waals surface area contributed by atoms with Crippen molar-refractivity contribution in [1.29, 1.82) is 0 Å². The Bertz CT molecular complexity index is 805. The fraction of sp³-hybridized carbons (Fsp3) is 0.500. The average molecular weight is 398 g/mol. The summed E-state index contributed by atoms with van der Waals surface area (Å²) < 4.78 is 5.07. The van der Waals surface area contributed by atoms with E-state index in [1.807, 2.05) is 38.1 Å². The molecule has 1 aliphatic rings. The van der Waals surface area contributed by atoms with E-state index in [4.69, 9.17) is 9.72 Å². The van der Waals surface area contributed by atoms with Crippen LogP contribution in [0.15, 0.2) is 36.5 Å². The number of nitrogens with zero attached hydrogens (tertiary/aromatic N) is 3. The van der Waals surface area contributed by atoms with Gasteiger partial charge in [0.05, 0.1) is 13.2 Å². The van der Waals surface area contributed by atoms with Crippen LogP contribution in [0.25, 0.3) is 0 Å². The van der Waals surface area contributed by atoms with Crippen molar-refractivity contribution in [2.45, 2.75) is 38.6 Å². The molecule has 2 N–H and O–H groups in total. The minimum Gasteiger partial charge on any atom is -0.383 e. The Hall–Kier alpha value is -2.51. The molecular formula is C22H31N5O2. The van der Waals surface area contributed by atoms with Crippen LogP contribution in [-0.4, -0.2) is 60.2 Å². The maximum absolute atomic E-state index is 12.2. The molecule has 2 aromatic rings. The van der Waals surface area contributed by atoms with Gasteiger partial charge in [-0.05, 0) is 63.5 Å². The number of carbonyl (C=O) groups is 1. The molecule has 1 aliphatic heterocycles. The van der Waals surface area contributed by atoms with Gasteiger partial charge in [0.1, 0.15) is 11.6 Å². The summed E-state index contributed by atoms with van der Waals surface area (Å²) in [6.45, 7) is 6.75. The zero-order valence-corrected chi connectivity index (χ0v) is 17.5. The van der Waals surface area contributed by atoms with Crippen LogP contribution in [0.4, 0.5) is 11.6 Å². The Balaban J connectivity index is 1.52. The lowest BCUT2D eigenvalue weighted by Crippen LogP contribution is -2.44. The van der Waals surface area contributed by atoms with Crippen LogP contribution in [0, 0.1) is 6.92 Å². The molecule has 0 bridgehead atoms. The van der Waals surface area contributed by atoms with Crippen LogP contribution in [0.2, 0.25) is 0 Å². The number of amides is 1. The lowest BCUT2D eigenvalue weighted by molar-refractivity contribution is -0.123. The molecule has 3 rings (SSSR count). The fourth-order valence-corrected chi connectivity index (χ4v) is 3.69. The number of anilines is 2. The van der Waals surface area contributed by atoms with Gasteiger partial charge in [0, 0.05) is 31.0 Å². The molecule has 7 nitrogen and oxygen atoms in total. The minimum absolute atomic E-state index is 0.0345. The number of aryl methyl sites for hydroxylation is 1. The average Bonchev–Trinajstić information content (AvgIpc) is 2.70. The predicted molar refractivity (Wildman–Crippen MR) is 114 cm³/mol. The quantitative estimate of drug-likeness (QED) is 0.713. The van der Waals surface area contributed by atoms with Crippen LogP contribution < -0.4 is 10.6 Å². The summed E-state index contributed by atoms with van der Waals surface area (Å²) >= 11 is 0. The van der Waals surface area contributed by atoms with Gasteiger partial charge in [-0.25, -0.2) is 9.97 Å². The van der Waals surface area contributed by atoms with E-state index >= 15 is 0 Å². The fourth-order valence-electron chi connectivity index (χ4n) is 3.69. The number of ether oxygens (including phenoxy) is 1. The molecule has 3 heterocycles. The maximum atomic E-state index is 12.2. The topological polar surface area (TPSA) is 79.4 Å². The first-order valence-corrected chi connectivity index (χ1v) is 10.2. The second-order valence-electron chi connectivity index (χ2n) is 7.72. The van der Waals surface area contributed by atoms with E-state index < -0.39 is 0 Å². The monoisotopic (exact) mass is 397 g/mol. The highest BCUT2D eigenvalue weighted by molar-refractivity contribution is 5.78. The van der Waals surface area contributed by atoms with Crippen molar-refractivity contribution in [1.82, 2.24) is 20.2 Å². The number of likely N-dealkylation sites (tertiary alicyclic amines) is 1. The highest BCUT2D eigenvalue weighted by atomic mass is 16.5. The number of hydrogen-bond acceptors (Lipinski definition) is 6. The normalized spacial score (nSPS) is 16.4. The number of piperidine rings is 1. The molecule has 1 atom stereocenters. The Morgan fingerprint density at radius 2 is 2.07 bits per heavy atom. The Kier molecular flexibility index (Phi) is 7.55. The Morgan fingerprint density at radius 3 is 2.79 bits per heavy atom. The van der Waals surface area contributed by atoms with Gasteiger partial charge in [0.2, 0.25) is 5.91 Å². The number of methoxy groups -OCH3 is 1. The van der Waals surface area contributed by atoms with E-state index in [1.54, 1.807) is 13.3 Å². The first kappa shape index (κ1) is 21.2. The molecule has 1 saturated heterocycles. The summed E-state index contributed by atoms with van der Waals surface area (Å²) in [6.07, 6.45) is 3.78. The van der Waals surface area contributed by atoms with Gasteiger partial charge >= 0.3 is 0 Å². The van der Waals surface area contributed by atoms with E-state index in [1.165, 1.54) is 0 Å². The van der Waals surface area contributed by atoms with Crippen LogP contribution in [0.5, 0.6) is 0 Å². The van der Waals surface area contributed by atoms with Crippen LogP contribution in [0.1, 0.15) is 36.9 Å². The van der Waals surface area contributed by atoms with Gasteiger partial charge in [-0.3, -0.25) is 9.69 Å². The Labute approximate surface area is 172 Å². The third-order valence-electron chi connectivity index (χ3n) is 5.22. The molecule has 0 aromatic carbocycles. The molecule has 1 fully saturated rings. The summed E-state index contributed by atoms with van der Waals surface area (Å²) in [5, 5.41) is 6.29. The first-order chi connectivity index (χ1) is 14.0. The molecule has 7 heteroatoms. The number of rotatable bonds is 8. The molecule has 1 amide bonds. The summed E-state index contributed by atoms with van der Waals surface area (Å²) in [5.74, 6) is 2.12. The highest BCUT2D eigenvalue weighted by Gasteiger charge is 2.23. The van der Waals surface area contributed by atoms with Crippen LogP contribution >= 0.6 is 0 Å². The molecule has 0 saturated carbocycles. The lowest BCUT2D eigenvalue weighted by atomic mass is 9.93. The van der Waals surface area contributed by atoms with Crippen molar-refractivity contribution in [2.24, 2.45) is 0 Å². The van der Waals surface area contributed by atoms with E-state index in [2.05, 4.69) is 26.6 Å². The predicted octanol–water partition coefficient (Wildman–Crippen LogP) is 2.86. The van der Waals surface area contributed by atoms with E-state index in [0.29, 0.717) is 19.1 Å². The lowest BCUT2D eigenvalue weighted by Gasteiger charge is -2.31. The molecule has 1 unspecified atom stereocenters. The van der Waals surface area contributed by atoms with E-state index in [0.717, 1.165) is 48.8 Å². The van der Waals surface area contributed by atoms with Gasteiger partial charge in [0.25, 0.3) is 0 Å². The molecule has 0 spiro atoms. The number of aromatic nitrogens is 2. The van der Waals surface area contributed by atoms with Crippen molar-refractivity contribution in [3.63, 3.8) is 0 Å². The first-order valence-electron chi connectivity index (χ1n) is 10.2. The smallest absolute Gasteiger partial charge is 0.234 e. The zero-order valence-electron chi connectivity index (χ0n) is 17.5. The second-order valence-corrected chi connectivity index (χ2v) is 7.72. The molecule has 0 radical (unpaired) electrons. The molecule has 156 valence electrons. The van der Waals surface area contributed by atoms with Crippen LogP contribution in [-0.2, 0) is 9.53 Å². The third kappa shape index (κ3) is 6.24.